The molecule has 2 aliphatic rings. The third-order valence-corrected chi connectivity index (χ3v) is 10.4. The van der Waals surface area contributed by atoms with Gasteiger partial charge in [-0.3, -0.25) is 4.98 Å². The minimum atomic E-state index is -1.87. The first kappa shape index (κ1) is 17.6. The zero-order chi connectivity index (χ0) is 17.8. The van der Waals surface area contributed by atoms with Crippen LogP contribution >= 0.6 is 0 Å². The van der Waals surface area contributed by atoms with Crippen LogP contribution in [-0.2, 0) is 9.16 Å². The van der Waals surface area contributed by atoms with E-state index in [9.17, 15) is 0 Å². The van der Waals surface area contributed by atoms with E-state index in [1.807, 2.05) is 6.07 Å². The Morgan fingerprint density at radius 2 is 2.04 bits per heavy atom. The van der Waals surface area contributed by atoms with E-state index in [0.29, 0.717) is 5.69 Å². The molecule has 132 valence electrons. The second-order valence-corrected chi connectivity index (χ2v) is 13.5. The van der Waals surface area contributed by atoms with Crippen molar-refractivity contribution in [3.05, 3.63) is 36.2 Å². The number of nitrogens with zero attached hydrogens (tertiary/aromatic N) is 1. The van der Waals surface area contributed by atoms with Gasteiger partial charge in [-0.1, -0.05) is 27.4 Å². The summed E-state index contributed by atoms with van der Waals surface area (Å²) in [6, 6.07) is 1.97. The molecule has 2 N–H and O–H groups in total. The van der Waals surface area contributed by atoms with Gasteiger partial charge in [-0.2, -0.15) is 0 Å². The van der Waals surface area contributed by atoms with E-state index in [1.54, 1.807) is 12.4 Å². The third kappa shape index (κ3) is 3.05. The summed E-state index contributed by atoms with van der Waals surface area (Å²) in [4.78, 5) is 4.09. The van der Waals surface area contributed by atoms with Gasteiger partial charge in [0.15, 0.2) is 8.32 Å². The fraction of sp³-hybridized carbons (Fsp3) is 0.632. The number of pyridine rings is 1. The normalized spacial score (nSPS) is 26.6. The van der Waals surface area contributed by atoms with Gasteiger partial charge in [-0.25, -0.2) is 0 Å². The van der Waals surface area contributed by atoms with Crippen molar-refractivity contribution in [1.82, 2.24) is 4.98 Å². The minimum absolute atomic E-state index is 0.0414. The van der Waals surface area contributed by atoms with Crippen LogP contribution < -0.4 is 5.73 Å². The molecule has 1 saturated carbocycles. The summed E-state index contributed by atoms with van der Waals surface area (Å²) in [5, 5.41) is 0.174. The fourth-order valence-electron chi connectivity index (χ4n) is 3.13. The molecule has 2 atom stereocenters. The number of hydrogen-bond acceptors (Lipinski definition) is 4. The second kappa shape index (κ2) is 5.68. The highest BCUT2D eigenvalue weighted by Gasteiger charge is 2.55. The Balaban J connectivity index is 1.87. The van der Waals surface area contributed by atoms with Crippen molar-refractivity contribution < 1.29 is 9.16 Å². The first-order valence-electron chi connectivity index (χ1n) is 8.80. The molecule has 3 rings (SSSR count). The molecule has 1 aromatic rings. The summed E-state index contributed by atoms with van der Waals surface area (Å²) in [7, 11) is -1.87. The van der Waals surface area contributed by atoms with Gasteiger partial charge in [0.25, 0.3) is 0 Å². The molecular weight excluding hydrogens is 316 g/mol. The largest absolute Gasteiger partial charge is 0.410 e. The molecule has 0 radical (unpaired) electrons. The van der Waals surface area contributed by atoms with E-state index >= 15 is 0 Å². The summed E-state index contributed by atoms with van der Waals surface area (Å²) >= 11 is 0. The number of hydrogen-bond donors (Lipinski definition) is 1. The maximum absolute atomic E-state index is 6.73. The number of nitrogen functional groups attached to an aromatic ring is 1. The van der Waals surface area contributed by atoms with Crippen LogP contribution in [0.1, 0.15) is 51.7 Å². The zero-order valence-electron chi connectivity index (χ0n) is 15.6. The van der Waals surface area contributed by atoms with Gasteiger partial charge in [0, 0.05) is 18.2 Å². The van der Waals surface area contributed by atoms with Gasteiger partial charge in [-0.05, 0) is 42.6 Å². The van der Waals surface area contributed by atoms with Crippen molar-refractivity contribution in [1.29, 1.82) is 0 Å². The lowest BCUT2D eigenvalue weighted by molar-refractivity contribution is -0.0693. The van der Waals surface area contributed by atoms with Gasteiger partial charge in [-0.15, -0.1) is 0 Å². The monoisotopic (exact) mass is 346 g/mol. The number of rotatable bonds is 3. The van der Waals surface area contributed by atoms with Crippen LogP contribution in [0.3, 0.4) is 0 Å². The van der Waals surface area contributed by atoms with Gasteiger partial charge in [0.1, 0.15) is 0 Å². The van der Waals surface area contributed by atoms with Crippen molar-refractivity contribution in [2.24, 2.45) is 0 Å². The van der Waals surface area contributed by atoms with Crippen molar-refractivity contribution in [3.63, 3.8) is 0 Å². The molecule has 0 amide bonds. The van der Waals surface area contributed by atoms with E-state index in [-0.39, 0.29) is 22.8 Å². The number of nitrogens with two attached hydrogens (primary N) is 1. The van der Waals surface area contributed by atoms with Gasteiger partial charge in [0.2, 0.25) is 0 Å². The van der Waals surface area contributed by atoms with Crippen molar-refractivity contribution in [2.45, 2.75) is 76.0 Å². The smallest absolute Gasteiger partial charge is 0.192 e. The Morgan fingerprint density at radius 3 is 2.58 bits per heavy atom. The molecule has 0 bridgehead atoms. The molecule has 1 spiro atoms. The summed E-state index contributed by atoms with van der Waals surface area (Å²) < 4.78 is 13.1. The average Bonchev–Trinajstić information content (AvgIpc) is 3.23. The second-order valence-electron chi connectivity index (χ2n) is 8.73. The van der Waals surface area contributed by atoms with Crippen LogP contribution in [0.4, 0.5) is 5.69 Å². The van der Waals surface area contributed by atoms with Crippen LogP contribution in [0, 0.1) is 0 Å². The molecule has 2 unspecified atom stereocenters. The molecule has 0 aromatic carbocycles. The number of aromatic nitrogens is 1. The van der Waals surface area contributed by atoms with Crippen LogP contribution in [0.2, 0.25) is 18.1 Å². The Kier molecular flexibility index (Phi) is 4.18. The average molecular weight is 347 g/mol. The highest BCUT2D eigenvalue weighted by atomic mass is 28.4. The summed E-state index contributed by atoms with van der Waals surface area (Å²) in [6.45, 7) is 15.8. The zero-order valence-corrected chi connectivity index (χ0v) is 16.6. The van der Waals surface area contributed by atoms with E-state index < -0.39 is 8.32 Å². The van der Waals surface area contributed by atoms with Crippen LogP contribution in [0.5, 0.6) is 0 Å². The topological polar surface area (TPSA) is 57.4 Å². The standard InChI is InChI=1S/C19H30N2O2Si/c1-13-16(23-24(5,6)18(2,3)4)11-17(22-19(13)8-9-19)14-7-10-21-12-15(14)20/h7,10,12,16-17H,1,8-9,11,20H2,2-6H3. The summed E-state index contributed by atoms with van der Waals surface area (Å²) in [5.41, 5.74) is 8.77. The van der Waals surface area contributed by atoms with Gasteiger partial charge >= 0.3 is 0 Å². The Labute approximate surface area is 146 Å². The van der Waals surface area contributed by atoms with E-state index in [1.165, 1.54) is 0 Å². The van der Waals surface area contributed by atoms with Gasteiger partial charge < -0.3 is 14.9 Å². The first-order valence-corrected chi connectivity index (χ1v) is 11.7. The highest BCUT2D eigenvalue weighted by Crippen LogP contribution is 2.56. The van der Waals surface area contributed by atoms with E-state index in [2.05, 4.69) is 45.4 Å². The van der Waals surface area contributed by atoms with Crippen LogP contribution in [0.25, 0.3) is 0 Å². The van der Waals surface area contributed by atoms with Gasteiger partial charge in [0.05, 0.1) is 29.7 Å². The lowest BCUT2D eigenvalue weighted by Crippen LogP contribution is -2.48. The predicted molar refractivity (Wildman–Crippen MR) is 100 cm³/mol. The molecule has 4 nitrogen and oxygen atoms in total. The molecule has 2 heterocycles. The maximum Gasteiger partial charge on any atom is 0.192 e. The van der Waals surface area contributed by atoms with E-state index in [0.717, 1.165) is 30.4 Å². The SMILES string of the molecule is C=C1C(O[Si](C)(C)C(C)(C)C)CC(c2ccncc2N)OC12CC2. The van der Waals surface area contributed by atoms with Crippen molar-refractivity contribution >= 4 is 14.0 Å². The summed E-state index contributed by atoms with van der Waals surface area (Å²) in [6.07, 6.45) is 6.32. The first-order chi connectivity index (χ1) is 11.1. The van der Waals surface area contributed by atoms with Crippen LogP contribution in [-0.4, -0.2) is 25.0 Å². The Morgan fingerprint density at radius 1 is 1.38 bits per heavy atom. The predicted octanol–water partition coefficient (Wildman–Crippen LogP) is 4.60. The molecule has 1 aliphatic carbocycles. The van der Waals surface area contributed by atoms with Crippen molar-refractivity contribution in [2.75, 3.05) is 5.73 Å². The Bertz CT molecular complexity index is 647. The maximum atomic E-state index is 6.73. The highest BCUT2D eigenvalue weighted by molar-refractivity contribution is 6.74. The third-order valence-electron chi connectivity index (χ3n) is 5.95. The quantitative estimate of drug-likeness (QED) is 0.641. The minimum Gasteiger partial charge on any atom is -0.410 e. The number of anilines is 1. The Hall–Kier alpha value is -1.17. The van der Waals surface area contributed by atoms with Crippen LogP contribution in [0.15, 0.2) is 30.6 Å². The molecule has 1 aliphatic heterocycles. The van der Waals surface area contributed by atoms with Crippen molar-refractivity contribution in [3.8, 4) is 0 Å². The molecule has 1 saturated heterocycles. The fourth-order valence-corrected chi connectivity index (χ4v) is 4.43. The van der Waals surface area contributed by atoms with E-state index in [4.69, 9.17) is 14.9 Å². The number of ether oxygens (including phenoxy) is 1. The molecule has 2 fully saturated rings. The molecule has 24 heavy (non-hydrogen) atoms. The molecular formula is C19H30N2O2Si. The lowest BCUT2D eigenvalue weighted by atomic mass is 9.91. The summed E-state index contributed by atoms with van der Waals surface area (Å²) in [5.74, 6) is 0. The molecule has 1 aromatic heterocycles. The lowest BCUT2D eigenvalue weighted by Gasteiger charge is -2.45. The molecule has 5 heteroatoms.